The molecule has 1 heterocycles. The molecule has 2 nitrogen and oxygen atoms in total. The summed E-state index contributed by atoms with van der Waals surface area (Å²) < 4.78 is 0. The number of aliphatic hydroxyl groups excluding tert-OH is 1. The minimum absolute atomic E-state index is 0.101. The molecule has 1 rings (SSSR count). The van der Waals surface area contributed by atoms with Gasteiger partial charge >= 0.3 is 0 Å². The number of nitrogens with zero attached hydrogens (tertiary/aromatic N) is 1. The van der Waals surface area contributed by atoms with Crippen LogP contribution in [-0.4, -0.2) is 35.7 Å². The normalized spacial score (nSPS) is 43.8. The average Bonchev–Trinajstić information content (AvgIpc) is 1.82. The van der Waals surface area contributed by atoms with E-state index in [-0.39, 0.29) is 6.10 Å². The lowest BCUT2D eigenvalue weighted by molar-refractivity contribution is 0.0252. The molecule has 0 radical (unpaired) electrons. The van der Waals surface area contributed by atoms with Crippen LogP contribution in [0.1, 0.15) is 20.3 Å². The molecule has 0 spiro atoms. The highest BCUT2D eigenvalue weighted by Crippen LogP contribution is 2.21. The lowest BCUT2D eigenvalue weighted by Gasteiger charge is -2.37. The predicted molar refractivity (Wildman–Crippen MR) is 41.9 cm³/mol. The fraction of sp³-hybridized carbons (Fsp3) is 1.00. The van der Waals surface area contributed by atoms with Crippen molar-refractivity contribution >= 4 is 0 Å². The average molecular weight is 143 g/mol. The number of hydrogen-bond donors (Lipinski definition) is 1. The summed E-state index contributed by atoms with van der Waals surface area (Å²) >= 11 is 0. The van der Waals surface area contributed by atoms with Crippen molar-refractivity contribution in [3.63, 3.8) is 0 Å². The van der Waals surface area contributed by atoms with Gasteiger partial charge in [0, 0.05) is 12.6 Å². The first-order valence-corrected chi connectivity index (χ1v) is 3.99. The van der Waals surface area contributed by atoms with E-state index in [1.54, 1.807) is 0 Å². The highest BCUT2D eigenvalue weighted by Gasteiger charge is 2.26. The quantitative estimate of drug-likeness (QED) is 0.540. The molecule has 0 aromatic carbocycles. The van der Waals surface area contributed by atoms with Gasteiger partial charge in [0.15, 0.2) is 0 Å². The standard InChI is InChI=1S/C8H17NO/c1-6-4-8(10)5-9(3)7(6)2/h6-8,10H,4-5H2,1-3H3/t6-,7-,8-/m1/s1. The van der Waals surface area contributed by atoms with Crippen molar-refractivity contribution in [2.45, 2.75) is 32.4 Å². The van der Waals surface area contributed by atoms with Crippen LogP contribution in [-0.2, 0) is 0 Å². The molecule has 0 aromatic heterocycles. The second-order valence-electron chi connectivity index (χ2n) is 3.55. The van der Waals surface area contributed by atoms with Gasteiger partial charge in [0.2, 0.25) is 0 Å². The summed E-state index contributed by atoms with van der Waals surface area (Å²) in [6.45, 7) is 5.26. The molecule has 60 valence electrons. The fourth-order valence-electron chi connectivity index (χ4n) is 1.63. The summed E-state index contributed by atoms with van der Waals surface area (Å²) in [5, 5.41) is 9.33. The number of likely N-dealkylation sites (tertiary alicyclic amines) is 1. The van der Waals surface area contributed by atoms with Crippen LogP contribution in [0.15, 0.2) is 0 Å². The number of aliphatic hydroxyl groups is 1. The van der Waals surface area contributed by atoms with Crippen LogP contribution in [0.2, 0.25) is 0 Å². The van der Waals surface area contributed by atoms with E-state index in [9.17, 15) is 5.11 Å². The van der Waals surface area contributed by atoms with Crippen LogP contribution in [0.3, 0.4) is 0 Å². The molecule has 0 amide bonds. The molecule has 1 N–H and O–H groups in total. The summed E-state index contributed by atoms with van der Waals surface area (Å²) in [7, 11) is 2.07. The van der Waals surface area contributed by atoms with Gasteiger partial charge in [0.05, 0.1) is 6.10 Å². The van der Waals surface area contributed by atoms with Gasteiger partial charge in [-0.25, -0.2) is 0 Å². The van der Waals surface area contributed by atoms with Gasteiger partial charge in [-0.15, -0.1) is 0 Å². The van der Waals surface area contributed by atoms with Gasteiger partial charge in [-0.05, 0) is 26.3 Å². The monoisotopic (exact) mass is 143 g/mol. The van der Waals surface area contributed by atoms with Crippen LogP contribution in [0, 0.1) is 5.92 Å². The second-order valence-corrected chi connectivity index (χ2v) is 3.55. The van der Waals surface area contributed by atoms with Crippen molar-refractivity contribution < 1.29 is 5.11 Å². The van der Waals surface area contributed by atoms with E-state index < -0.39 is 0 Å². The van der Waals surface area contributed by atoms with Crippen molar-refractivity contribution in [2.24, 2.45) is 5.92 Å². The third-order valence-corrected chi connectivity index (χ3v) is 2.66. The van der Waals surface area contributed by atoms with E-state index in [2.05, 4.69) is 25.8 Å². The van der Waals surface area contributed by atoms with Gasteiger partial charge in [0.1, 0.15) is 0 Å². The zero-order valence-electron chi connectivity index (χ0n) is 7.04. The van der Waals surface area contributed by atoms with Crippen LogP contribution in [0.4, 0.5) is 0 Å². The number of hydrogen-bond acceptors (Lipinski definition) is 2. The van der Waals surface area contributed by atoms with E-state index in [0.717, 1.165) is 13.0 Å². The van der Waals surface area contributed by atoms with Crippen molar-refractivity contribution in [2.75, 3.05) is 13.6 Å². The third-order valence-electron chi connectivity index (χ3n) is 2.66. The SMILES string of the molecule is C[C@@H]1C[C@@H](O)CN(C)[C@@H]1C. The molecule has 1 fully saturated rings. The van der Waals surface area contributed by atoms with E-state index in [0.29, 0.717) is 12.0 Å². The highest BCUT2D eigenvalue weighted by molar-refractivity contribution is 4.80. The van der Waals surface area contributed by atoms with E-state index in [1.165, 1.54) is 0 Å². The second kappa shape index (κ2) is 2.89. The number of piperidine rings is 1. The first-order valence-electron chi connectivity index (χ1n) is 3.99. The lowest BCUT2D eigenvalue weighted by Crippen LogP contribution is -2.46. The van der Waals surface area contributed by atoms with Crippen LogP contribution < -0.4 is 0 Å². The minimum atomic E-state index is -0.101. The highest BCUT2D eigenvalue weighted by atomic mass is 16.3. The molecule has 10 heavy (non-hydrogen) atoms. The molecule has 1 saturated heterocycles. The Balaban J connectivity index is 2.49. The molecule has 1 aliphatic heterocycles. The zero-order valence-corrected chi connectivity index (χ0v) is 7.04. The largest absolute Gasteiger partial charge is 0.392 e. The lowest BCUT2D eigenvalue weighted by atomic mass is 9.91. The summed E-state index contributed by atoms with van der Waals surface area (Å²) in [5.41, 5.74) is 0. The Labute approximate surface area is 62.8 Å². The molecule has 0 aromatic rings. The van der Waals surface area contributed by atoms with Gasteiger partial charge in [0.25, 0.3) is 0 Å². The predicted octanol–water partition coefficient (Wildman–Crippen LogP) is 0.707. The first-order chi connectivity index (χ1) is 4.61. The van der Waals surface area contributed by atoms with E-state index in [1.807, 2.05) is 0 Å². The summed E-state index contributed by atoms with van der Waals surface area (Å²) in [6.07, 6.45) is 0.863. The number of β-amino-alcohol motifs (C(OH)–C–C–N with tert-alkyl or cyclic N) is 1. The molecule has 2 heteroatoms. The molecule has 0 aliphatic carbocycles. The Morgan fingerprint density at radius 2 is 2.00 bits per heavy atom. The van der Waals surface area contributed by atoms with Crippen molar-refractivity contribution in [3.05, 3.63) is 0 Å². The maximum atomic E-state index is 9.33. The maximum Gasteiger partial charge on any atom is 0.0670 e. The van der Waals surface area contributed by atoms with E-state index in [4.69, 9.17) is 0 Å². The Hall–Kier alpha value is -0.0800. The molecule has 3 atom stereocenters. The third kappa shape index (κ3) is 1.50. The van der Waals surface area contributed by atoms with Gasteiger partial charge in [-0.3, -0.25) is 0 Å². The molecular weight excluding hydrogens is 126 g/mol. The number of likely N-dealkylation sites (N-methyl/N-ethyl adjacent to an activating group) is 1. The van der Waals surface area contributed by atoms with Gasteiger partial charge in [-0.1, -0.05) is 6.92 Å². The van der Waals surface area contributed by atoms with Crippen LogP contribution in [0.5, 0.6) is 0 Å². The minimum Gasteiger partial charge on any atom is -0.392 e. The topological polar surface area (TPSA) is 23.5 Å². The molecule has 0 bridgehead atoms. The molecule has 0 saturated carbocycles. The van der Waals surface area contributed by atoms with Gasteiger partial charge in [-0.2, -0.15) is 0 Å². The van der Waals surface area contributed by atoms with Crippen LogP contribution in [0.25, 0.3) is 0 Å². The van der Waals surface area contributed by atoms with Gasteiger partial charge < -0.3 is 10.0 Å². The Morgan fingerprint density at radius 1 is 1.40 bits per heavy atom. The maximum absolute atomic E-state index is 9.33. The number of rotatable bonds is 0. The zero-order chi connectivity index (χ0) is 7.72. The smallest absolute Gasteiger partial charge is 0.0670 e. The Bertz CT molecular complexity index is 104. The summed E-state index contributed by atoms with van der Waals surface area (Å²) in [6, 6.07) is 0.628. The fourth-order valence-corrected chi connectivity index (χ4v) is 1.63. The molecule has 1 aliphatic rings. The van der Waals surface area contributed by atoms with Crippen molar-refractivity contribution in [3.8, 4) is 0 Å². The Kier molecular flexibility index (Phi) is 2.32. The van der Waals surface area contributed by atoms with Crippen molar-refractivity contribution in [1.29, 1.82) is 0 Å². The van der Waals surface area contributed by atoms with Crippen molar-refractivity contribution in [1.82, 2.24) is 4.90 Å². The first kappa shape index (κ1) is 8.02. The molecular formula is C8H17NO. The summed E-state index contributed by atoms with van der Waals surface area (Å²) in [5.74, 6) is 0.633. The summed E-state index contributed by atoms with van der Waals surface area (Å²) in [4.78, 5) is 2.22. The molecule has 0 unspecified atom stereocenters. The van der Waals surface area contributed by atoms with E-state index >= 15 is 0 Å². The Morgan fingerprint density at radius 3 is 2.50 bits per heavy atom. The van der Waals surface area contributed by atoms with Crippen LogP contribution >= 0.6 is 0 Å².